The molecule has 0 spiro atoms. The number of aromatic nitrogens is 3. The second-order valence-corrected chi connectivity index (χ2v) is 7.71. The average molecular weight is 387 g/mol. The van der Waals surface area contributed by atoms with E-state index in [1.165, 1.54) is 0 Å². The Morgan fingerprint density at radius 3 is 2.86 bits per heavy atom. The van der Waals surface area contributed by atoms with Gasteiger partial charge in [-0.3, -0.25) is 9.59 Å². The number of carbonyl (C=O) groups is 2. The molecule has 1 fully saturated rings. The van der Waals surface area contributed by atoms with Gasteiger partial charge in [0.1, 0.15) is 0 Å². The molecule has 0 aliphatic carbocycles. The van der Waals surface area contributed by atoms with E-state index in [1.807, 2.05) is 22.6 Å². The van der Waals surface area contributed by atoms with Crippen LogP contribution in [0.5, 0.6) is 0 Å². The highest BCUT2D eigenvalue weighted by Gasteiger charge is 2.29. The summed E-state index contributed by atoms with van der Waals surface area (Å²) in [4.78, 5) is 31.6. The number of nitrogens with zero attached hydrogens (tertiary/aromatic N) is 4. The van der Waals surface area contributed by atoms with Crippen LogP contribution in [0.4, 0.5) is 0 Å². The first-order chi connectivity index (χ1) is 13.4. The Morgan fingerprint density at radius 2 is 2.14 bits per heavy atom. The average Bonchev–Trinajstić information content (AvgIpc) is 3.08. The lowest BCUT2D eigenvalue weighted by Crippen LogP contribution is -2.49. The monoisotopic (exact) mass is 386 g/mol. The predicted molar refractivity (Wildman–Crippen MR) is 108 cm³/mol. The number of pyridine rings is 1. The molecular weight excluding hydrogens is 356 g/mol. The second kappa shape index (κ2) is 8.68. The highest BCUT2D eigenvalue weighted by atomic mass is 16.2. The number of rotatable bonds is 6. The number of piperidine rings is 1. The van der Waals surface area contributed by atoms with Crippen LogP contribution >= 0.6 is 0 Å². The Balaban J connectivity index is 1.82. The Morgan fingerprint density at radius 1 is 1.36 bits per heavy atom. The van der Waals surface area contributed by atoms with Crippen LogP contribution in [0.2, 0.25) is 0 Å². The molecule has 2 aromatic heterocycles. The van der Waals surface area contributed by atoms with Crippen LogP contribution in [0.1, 0.15) is 61.6 Å². The highest BCUT2D eigenvalue weighted by molar-refractivity contribution is 5.98. The van der Waals surface area contributed by atoms with Gasteiger partial charge in [0.05, 0.1) is 17.5 Å². The van der Waals surface area contributed by atoms with Gasteiger partial charge in [-0.1, -0.05) is 0 Å². The van der Waals surface area contributed by atoms with E-state index in [-0.39, 0.29) is 23.9 Å². The van der Waals surface area contributed by atoms with Crippen molar-refractivity contribution in [3.05, 3.63) is 23.5 Å². The summed E-state index contributed by atoms with van der Waals surface area (Å²) in [5, 5.41) is 8.18. The summed E-state index contributed by atoms with van der Waals surface area (Å²) < 4.78 is 1.87. The molecule has 3 heterocycles. The summed E-state index contributed by atoms with van der Waals surface area (Å²) in [6, 6.07) is 2.09. The Labute approximate surface area is 165 Å². The first-order valence-electron chi connectivity index (χ1n) is 10.0. The van der Waals surface area contributed by atoms with Gasteiger partial charge in [0.15, 0.2) is 5.65 Å². The van der Waals surface area contributed by atoms with Gasteiger partial charge in [0.2, 0.25) is 5.91 Å². The minimum atomic E-state index is -0.0687. The van der Waals surface area contributed by atoms with Crippen LogP contribution in [0, 0.1) is 6.92 Å². The number of amides is 2. The molecule has 0 radical (unpaired) electrons. The lowest BCUT2D eigenvalue weighted by molar-refractivity contribution is -0.121. The van der Waals surface area contributed by atoms with E-state index in [9.17, 15) is 9.59 Å². The quantitative estimate of drug-likeness (QED) is 0.787. The molecular formula is C20H30N6O2. The summed E-state index contributed by atoms with van der Waals surface area (Å²) in [7, 11) is 0. The van der Waals surface area contributed by atoms with Crippen LogP contribution in [0.3, 0.4) is 0 Å². The van der Waals surface area contributed by atoms with Crippen molar-refractivity contribution in [2.45, 2.75) is 58.5 Å². The van der Waals surface area contributed by atoms with Gasteiger partial charge >= 0.3 is 0 Å². The van der Waals surface area contributed by atoms with Crippen molar-refractivity contribution in [1.82, 2.24) is 25.0 Å². The molecule has 1 aliphatic rings. The number of carbonyl (C=O) groups excluding carboxylic acids is 2. The molecule has 0 aromatic carbocycles. The van der Waals surface area contributed by atoms with E-state index in [4.69, 9.17) is 5.73 Å². The van der Waals surface area contributed by atoms with E-state index >= 15 is 0 Å². The minimum Gasteiger partial charge on any atom is -0.354 e. The molecule has 1 saturated heterocycles. The molecule has 1 atom stereocenters. The molecule has 8 nitrogen and oxygen atoms in total. The third-order valence-electron chi connectivity index (χ3n) is 5.27. The van der Waals surface area contributed by atoms with Crippen molar-refractivity contribution in [1.29, 1.82) is 0 Å². The number of fused-ring (bicyclic) bond motifs is 1. The Bertz CT molecular complexity index is 860. The Kier molecular flexibility index (Phi) is 6.28. The summed E-state index contributed by atoms with van der Waals surface area (Å²) in [6.07, 6.45) is 4.98. The summed E-state index contributed by atoms with van der Waals surface area (Å²) in [5.74, 6) is -0.0946. The number of nitrogens with two attached hydrogens (primary N) is 1. The van der Waals surface area contributed by atoms with Crippen LogP contribution < -0.4 is 11.1 Å². The molecule has 1 aliphatic heterocycles. The maximum atomic E-state index is 13.3. The zero-order valence-electron chi connectivity index (χ0n) is 16.9. The first kappa shape index (κ1) is 20.3. The molecule has 8 heteroatoms. The lowest BCUT2D eigenvalue weighted by Gasteiger charge is -2.36. The number of likely N-dealkylation sites (tertiary alicyclic amines) is 1. The summed E-state index contributed by atoms with van der Waals surface area (Å²) >= 11 is 0. The van der Waals surface area contributed by atoms with Crippen molar-refractivity contribution in [2.24, 2.45) is 5.73 Å². The van der Waals surface area contributed by atoms with Crippen LogP contribution in [0.25, 0.3) is 11.0 Å². The van der Waals surface area contributed by atoms with Gasteiger partial charge in [-0.25, -0.2) is 9.67 Å². The first-order valence-corrected chi connectivity index (χ1v) is 10.0. The van der Waals surface area contributed by atoms with E-state index in [1.54, 1.807) is 6.20 Å². The third-order valence-corrected chi connectivity index (χ3v) is 5.27. The summed E-state index contributed by atoms with van der Waals surface area (Å²) in [5.41, 5.74) is 7.54. The van der Waals surface area contributed by atoms with Crippen molar-refractivity contribution in [3.8, 4) is 0 Å². The fourth-order valence-corrected chi connectivity index (χ4v) is 3.75. The van der Waals surface area contributed by atoms with Crippen molar-refractivity contribution in [2.75, 3.05) is 19.6 Å². The minimum absolute atomic E-state index is 0.00328. The SMILES string of the molecule is Cc1nc2c(cnn2C(C)C)cc1C(=O)N1CCCCC1CNC(=O)CCN. The zero-order chi connectivity index (χ0) is 20.3. The molecule has 3 N–H and O–H groups in total. The number of nitrogens with one attached hydrogen (secondary N) is 1. The van der Waals surface area contributed by atoms with Gasteiger partial charge in [0, 0.05) is 43.5 Å². The van der Waals surface area contributed by atoms with Crippen LogP contribution in [-0.2, 0) is 4.79 Å². The second-order valence-electron chi connectivity index (χ2n) is 7.71. The maximum Gasteiger partial charge on any atom is 0.256 e. The molecule has 1 unspecified atom stereocenters. The van der Waals surface area contributed by atoms with Gasteiger partial charge in [-0.15, -0.1) is 0 Å². The molecule has 2 aromatic rings. The van der Waals surface area contributed by atoms with E-state index in [2.05, 4.69) is 29.2 Å². The smallest absolute Gasteiger partial charge is 0.256 e. The van der Waals surface area contributed by atoms with Crippen LogP contribution in [0.15, 0.2) is 12.3 Å². The van der Waals surface area contributed by atoms with Crippen molar-refractivity contribution < 1.29 is 9.59 Å². The van der Waals surface area contributed by atoms with E-state index < -0.39 is 0 Å². The number of hydrogen-bond donors (Lipinski definition) is 2. The molecule has 152 valence electrons. The fourth-order valence-electron chi connectivity index (χ4n) is 3.75. The van der Waals surface area contributed by atoms with Gasteiger partial charge in [-0.05, 0) is 46.1 Å². The highest BCUT2D eigenvalue weighted by Crippen LogP contribution is 2.24. The predicted octanol–water partition coefficient (Wildman–Crippen LogP) is 1.78. The normalized spacial score (nSPS) is 17.3. The van der Waals surface area contributed by atoms with Gasteiger partial charge in [-0.2, -0.15) is 5.10 Å². The maximum absolute atomic E-state index is 13.3. The largest absolute Gasteiger partial charge is 0.354 e. The third kappa shape index (κ3) is 4.16. The zero-order valence-corrected chi connectivity index (χ0v) is 16.9. The number of aryl methyl sites for hydroxylation is 1. The molecule has 2 amide bonds. The van der Waals surface area contributed by atoms with E-state index in [0.717, 1.165) is 30.3 Å². The summed E-state index contributed by atoms with van der Waals surface area (Å²) in [6.45, 7) is 7.46. The fraction of sp³-hybridized carbons (Fsp3) is 0.600. The Hall–Kier alpha value is -2.48. The van der Waals surface area contributed by atoms with Gasteiger partial charge < -0.3 is 16.0 Å². The van der Waals surface area contributed by atoms with E-state index in [0.29, 0.717) is 37.3 Å². The topological polar surface area (TPSA) is 106 Å². The van der Waals surface area contributed by atoms with Crippen LogP contribution in [-0.4, -0.2) is 57.2 Å². The van der Waals surface area contributed by atoms with Crippen molar-refractivity contribution in [3.63, 3.8) is 0 Å². The molecule has 28 heavy (non-hydrogen) atoms. The molecule has 0 bridgehead atoms. The number of hydrogen-bond acceptors (Lipinski definition) is 5. The standard InChI is InChI=1S/C20H30N6O2/c1-13(2)26-19-15(11-23-26)10-17(14(3)24-19)20(28)25-9-5-4-6-16(25)12-22-18(27)7-8-21/h10-11,13,16H,4-9,12,21H2,1-3H3,(H,22,27). The molecule has 0 saturated carbocycles. The lowest BCUT2D eigenvalue weighted by atomic mass is 10.00. The van der Waals surface area contributed by atoms with Crippen molar-refractivity contribution >= 4 is 22.8 Å². The molecule has 3 rings (SSSR count). The van der Waals surface area contributed by atoms with Gasteiger partial charge in [0.25, 0.3) is 5.91 Å².